The number of nitrogens with zero attached hydrogens (tertiary/aromatic N) is 1. The molecule has 0 spiro atoms. The van der Waals surface area contributed by atoms with Crippen LogP contribution in [0.5, 0.6) is 0 Å². The van der Waals surface area contributed by atoms with Crippen LogP contribution in [0.4, 0.5) is 0 Å². The van der Waals surface area contributed by atoms with Gasteiger partial charge in [-0.05, 0) is 37.3 Å². The second-order valence-electron chi connectivity index (χ2n) is 4.44. The van der Waals surface area contributed by atoms with E-state index in [9.17, 15) is 0 Å². The zero-order valence-electron chi connectivity index (χ0n) is 9.53. The van der Waals surface area contributed by atoms with E-state index in [4.69, 9.17) is 5.73 Å². The number of nitrogens with two attached hydrogens (primary N) is 1. The SMILES string of the molecule is CCn1ccc(CC(N)CC(C)C)c1. The van der Waals surface area contributed by atoms with Gasteiger partial charge in [0.1, 0.15) is 0 Å². The zero-order valence-corrected chi connectivity index (χ0v) is 9.53. The van der Waals surface area contributed by atoms with Gasteiger partial charge in [-0.2, -0.15) is 0 Å². The van der Waals surface area contributed by atoms with Gasteiger partial charge in [0.05, 0.1) is 0 Å². The van der Waals surface area contributed by atoms with Gasteiger partial charge >= 0.3 is 0 Å². The summed E-state index contributed by atoms with van der Waals surface area (Å²) in [5.74, 6) is 0.693. The summed E-state index contributed by atoms with van der Waals surface area (Å²) >= 11 is 0. The number of rotatable bonds is 5. The molecule has 1 heterocycles. The van der Waals surface area contributed by atoms with E-state index in [1.165, 1.54) is 5.56 Å². The van der Waals surface area contributed by atoms with Crippen LogP contribution in [0.1, 0.15) is 32.8 Å². The fraction of sp³-hybridized carbons (Fsp3) is 0.667. The Labute approximate surface area is 87.1 Å². The average molecular weight is 194 g/mol. The molecule has 0 aromatic carbocycles. The predicted octanol–water partition coefficient (Wildman–Crippen LogP) is 2.42. The highest BCUT2D eigenvalue weighted by molar-refractivity contribution is 5.11. The number of hydrogen-bond donors (Lipinski definition) is 1. The van der Waals surface area contributed by atoms with Gasteiger partial charge in [0, 0.05) is 25.0 Å². The predicted molar refractivity (Wildman–Crippen MR) is 61.2 cm³/mol. The Bertz CT molecular complexity index is 263. The molecular weight excluding hydrogens is 172 g/mol. The standard InChI is InChI=1S/C12H22N2/c1-4-14-6-5-11(9-14)8-12(13)7-10(2)3/h5-6,9-10,12H,4,7-8,13H2,1-3H3. The molecule has 2 heteroatoms. The molecule has 1 unspecified atom stereocenters. The highest BCUT2D eigenvalue weighted by atomic mass is 14.9. The lowest BCUT2D eigenvalue weighted by molar-refractivity contribution is 0.493. The molecule has 0 bridgehead atoms. The molecule has 80 valence electrons. The molecule has 0 aliphatic carbocycles. The normalized spacial score (nSPS) is 13.5. The summed E-state index contributed by atoms with van der Waals surface area (Å²) in [6.07, 6.45) is 6.43. The molecule has 0 radical (unpaired) electrons. The summed E-state index contributed by atoms with van der Waals surface area (Å²) in [7, 11) is 0. The Balaban J connectivity index is 2.43. The van der Waals surface area contributed by atoms with E-state index in [1.807, 2.05) is 0 Å². The van der Waals surface area contributed by atoms with Crippen molar-refractivity contribution in [3.63, 3.8) is 0 Å². The van der Waals surface area contributed by atoms with Crippen LogP contribution in [0.2, 0.25) is 0 Å². The van der Waals surface area contributed by atoms with Gasteiger partial charge in [-0.3, -0.25) is 0 Å². The maximum atomic E-state index is 6.05. The maximum absolute atomic E-state index is 6.05. The smallest absolute Gasteiger partial charge is 0.0191 e. The lowest BCUT2D eigenvalue weighted by Crippen LogP contribution is -2.24. The van der Waals surface area contributed by atoms with Crippen LogP contribution in [0.15, 0.2) is 18.5 Å². The Morgan fingerprint density at radius 3 is 2.64 bits per heavy atom. The Kier molecular flexibility index (Phi) is 4.21. The summed E-state index contributed by atoms with van der Waals surface area (Å²) in [4.78, 5) is 0. The van der Waals surface area contributed by atoms with E-state index in [0.717, 1.165) is 19.4 Å². The molecule has 1 atom stereocenters. The van der Waals surface area contributed by atoms with Crippen LogP contribution in [0.3, 0.4) is 0 Å². The van der Waals surface area contributed by atoms with Crippen molar-refractivity contribution >= 4 is 0 Å². The van der Waals surface area contributed by atoms with Crippen LogP contribution in [-0.2, 0) is 13.0 Å². The third kappa shape index (κ3) is 3.54. The molecule has 0 fully saturated rings. The van der Waals surface area contributed by atoms with Crippen LogP contribution >= 0.6 is 0 Å². The lowest BCUT2D eigenvalue weighted by atomic mass is 9.99. The van der Waals surface area contributed by atoms with Crippen LogP contribution in [0, 0.1) is 5.92 Å². The van der Waals surface area contributed by atoms with Gasteiger partial charge in [-0.1, -0.05) is 13.8 Å². The van der Waals surface area contributed by atoms with Crippen molar-refractivity contribution in [2.45, 2.75) is 46.2 Å². The van der Waals surface area contributed by atoms with Crippen molar-refractivity contribution in [1.29, 1.82) is 0 Å². The first kappa shape index (κ1) is 11.3. The van der Waals surface area contributed by atoms with Gasteiger partial charge in [0.25, 0.3) is 0 Å². The Morgan fingerprint density at radius 1 is 1.43 bits per heavy atom. The summed E-state index contributed by atoms with van der Waals surface area (Å²) in [5, 5.41) is 0. The van der Waals surface area contributed by atoms with E-state index in [-0.39, 0.29) is 0 Å². The zero-order chi connectivity index (χ0) is 10.6. The number of aryl methyl sites for hydroxylation is 1. The molecule has 1 rings (SSSR count). The monoisotopic (exact) mass is 194 g/mol. The fourth-order valence-corrected chi connectivity index (χ4v) is 1.80. The molecule has 1 aromatic rings. The van der Waals surface area contributed by atoms with E-state index in [1.54, 1.807) is 0 Å². The molecule has 0 saturated carbocycles. The van der Waals surface area contributed by atoms with Gasteiger partial charge in [-0.25, -0.2) is 0 Å². The average Bonchev–Trinajstić information content (AvgIpc) is 2.50. The first-order chi connectivity index (χ1) is 6.61. The lowest BCUT2D eigenvalue weighted by Gasteiger charge is -2.12. The van der Waals surface area contributed by atoms with E-state index < -0.39 is 0 Å². The molecular formula is C12H22N2. The van der Waals surface area contributed by atoms with Crippen molar-refractivity contribution in [2.75, 3.05) is 0 Å². The third-order valence-corrected chi connectivity index (χ3v) is 2.45. The minimum Gasteiger partial charge on any atom is -0.354 e. The Morgan fingerprint density at radius 2 is 2.14 bits per heavy atom. The van der Waals surface area contributed by atoms with E-state index in [0.29, 0.717) is 12.0 Å². The molecule has 14 heavy (non-hydrogen) atoms. The minimum absolute atomic E-state index is 0.308. The largest absolute Gasteiger partial charge is 0.354 e. The highest BCUT2D eigenvalue weighted by Crippen LogP contribution is 2.09. The highest BCUT2D eigenvalue weighted by Gasteiger charge is 2.07. The summed E-state index contributed by atoms with van der Waals surface area (Å²) in [6, 6.07) is 2.48. The van der Waals surface area contributed by atoms with Crippen molar-refractivity contribution in [1.82, 2.24) is 4.57 Å². The molecule has 2 nitrogen and oxygen atoms in total. The van der Waals surface area contributed by atoms with Crippen molar-refractivity contribution < 1.29 is 0 Å². The van der Waals surface area contributed by atoms with E-state index >= 15 is 0 Å². The van der Waals surface area contributed by atoms with Crippen LogP contribution < -0.4 is 5.73 Å². The molecule has 0 saturated heterocycles. The second-order valence-corrected chi connectivity index (χ2v) is 4.44. The first-order valence-electron chi connectivity index (χ1n) is 5.52. The molecule has 0 amide bonds. The summed E-state index contributed by atoms with van der Waals surface area (Å²) in [5.41, 5.74) is 7.41. The third-order valence-electron chi connectivity index (χ3n) is 2.45. The second kappa shape index (κ2) is 5.20. The van der Waals surface area contributed by atoms with Crippen molar-refractivity contribution in [3.8, 4) is 0 Å². The fourth-order valence-electron chi connectivity index (χ4n) is 1.80. The van der Waals surface area contributed by atoms with Crippen LogP contribution in [-0.4, -0.2) is 10.6 Å². The van der Waals surface area contributed by atoms with Crippen LogP contribution in [0.25, 0.3) is 0 Å². The van der Waals surface area contributed by atoms with Crippen molar-refractivity contribution in [3.05, 3.63) is 24.0 Å². The molecule has 2 N–H and O–H groups in total. The first-order valence-corrected chi connectivity index (χ1v) is 5.52. The van der Waals surface area contributed by atoms with E-state index in [2.05, 4.69) is 43.8 Å². The van der Waals surface area contributed by atoms with Gasteiger partial charge in [0.2, 0.25) is 0 Å². The quantitative estimate of drug-likeness (QED) is 0.766. The van der Waals surface area contributed by atoms with Crippen molar-refractivity contribution in [2.24, 2.45) is 11.7 Å². The van der Waals surface area contributed by atoms with Gasteiger partial charge in [-0.15, -0.1) is 0 Å². The topological polar surface area (TPSA) is 30.9 Å². The molecule has 1 aromatic heterocycles. The summed E-state index contributed by atoms with van der Waals surface area (Å²) in [6.45, 7) is 7.63. The number of hydrogen-bond acceptors (Lipinski definition) is 1. The van der Waals surface area contributed by atoms with Gasteiger partial charge in [0.15, 0.2) is 0 Å². The minimum atomic E-state index is 0.308. The molecule has 0 aliphatic rings. The number of aromatic nitrogens is 1. The molecule has 0 aliphatic heterocycles. The Hall–Kier alpha value is -0.760. The maximum Gasteiger partial charge on any atom is 0.0191 e. The summed E-state index contributed by atoms with van der Waals surface area (Å²) < 4.78 is 2.19. The van der Waals surface area contributed by atoms with Gasteiger partial charge < -0.3 is 10.3 Å².